The van der Waals surface area contributed by atoms with Gasteiger partial charge in [0.1, 0.15) is 0 Å². The minimum atomic E-state index is 0.0598. The number of piperidine rings is 1. The first kappa shape index (κ1) is 15.5. The zero-order valence-corrected chi connectivity index (χ0v) is 13.9. The lowest BCUT2D eigenvalue weighted by molar-refractivity contribution is -0.141. The normalized spacial score (nSPS) is 27.6. The van der Waals surface area contributed by atoms with Crippen LogP contribution in [0.3, 0.4) is 0 Å². The Balaban J connectivity index is 1.63. The van der Waals surface area contributed by atoms with Crippen LogP contribution in [0.2, 0.25) is 0 Å². The first-order chi connectivity index (χ1) is 10.4. The molecule has 1 aromatic heterocycles. The molecule has 0 aliphatic carbocycles. The highest BCUT2D eigenvalue weighted by Gasteiger charge is 2.38. The third-order valence-corrected chi connectivity index (χ3v) is 4.62. The van der Waals surface area contributed by atoms with E-state index >= 15 is 0 Å². The third-order valence-electron chi connectivity index (χ3n) is 4.62. The Bertz CT molecular complexity index is 507. The first-order valence-corrected chi connectivity index (χ1v) is 8.33. The van der Waals surface area contributed by atoms with E-state index in [1.807, 2.05) is 10.9 Å². The molecule has 2 aliphatic rings. The van der Waals surface area contributed by atoms with Crippen LogP contribution in [0.4, 0.5) is 0 Å². The van der Waals surface area contributed by atoms with Crippen molar-refractivity contribution in [1.29, 1.82) is 0 Å². The fourth-order valence-corrected chi connectivity index (χ4v) is 3.67. The third kappa shape index (κ3) is 3.32. The number of rotatable bonds is 3. The van der Waals surface area contributed by atoms with Gasteiger partial charge >= 0.3 is 0 Å². The van der Waals surface area contributed by atoms with Gasteiger partial charge in [-0.1, -0.05) is 26.0 Å². The summed E-state index contributed by atoms with van der Waals surface area (Å²) in [5.41, 5.74) is 0.159. The average molecular weight is 305 g/mol. The van der Waals surface area contributed by atoms with E-state index in [4.69, 9.17) is 0 Å². The maximum absolute atomic E-state index is 12.8. The fraction of sp³-hybridized carbons (Fsp3) is 0.812. The monoisotopic (exact) mass is 305 g/mol. The molecule has 22 heavy (non-hydrogen) atoms. The van der Waals surface area contributed by atoms with Crippen molar-refractivity contribution in [3.8, 4) is 0 Å². The van der Waals surface area contributed by atoms with Crippen molar-refractivity contribution in [1.82, 2.24) is 24.8 Å². The minimum Gasteiger partial charge on any atom is -0.341 e. The van der Waals surface area contributed by atoms with Crippen molar-refractivity contribution in [2.45, 2.75) is 52.1 Å². The summed E-state index contributed by atoms with van der Waals surface area (Å²) in [7, 11) is 0. The van der Waals surface area contributed by atoms with Gasteiger partial charge in [-0.2, -0.15) is 0 Å². The number of nitrogens with zero attached hydrogens (tertiary/aromatic N) is 5. The Morgan fingerprint density at radius 2 is 2.09 bits per heavy atom. The van der Waals surface area contributed by atoms with Crippen molar-refractivity contribution in [3.63, 3.8) is 0 Å². The fourth-order valence-electron chi connectivity index (χ4n) is 3.67. The number of aromatic nitrogens is 3. The van der Waals surface area contributed by atoms with Crippen LogP contribution in [0.15, 0.2) is 12.4 Å². The summed E-state index contributed by atoms with van der Waals surface area (Å²) in [6.07, 6.45) is 6.79. The zero-order chi connectivity index (χ0) is 15.7. The molecule has 3 heterocycles. The average Bonchev–Trinajstić information content (AvgIpc) is 3.09. The molecule has 0 unspecified atom stereocenters. The zero-order valence-electron chi connectivity index (χ0n) is 13.9. The highest BCUT2D eigenvalue weighted by Crippen LogP contribution is 2.28. The smallest absolute Gasteiger partial charge is 0.239 e. The quantitative estimate of drug-likeness (QED) is 0.850. The van der Waals surface area contributed by atoms with Crippen LogP contribution in [0.1, 0.15) is 46.1 Å². The molecule has 122 valence electrons. The van der Waals surface area contributed by atoms with Crippen molar-refractivity contribution in [2.75, 3.05) is 26.2 Å². The SMILES string of the molecule is CC(C)(C)CN1CCC[C@H](N2CC[C@@H](n3ccnn3)C2)C1=O. The molecule has 0 saturated carbocycles. The second-order valence-corrected chi connectivity index (χ2v) is 7.80. The number of amides is 1. The van der Waals surface area contributed by atoms with Gasteiger partial charge in [0.05, 0.1) is 18.3 Å². The van der Waals surface area contributed by atoms with Gasteiger partial charge in [0.2, 0.25) is 5.91 Å². The van der Waals surface area contributed by atoms with E-state index in [0.29, 0.717) is 11.9 Å². The lowest BCUT2D eigenvalue weighted by Gasteiger charge is -2.39. The van der Waals surface area contributed by atoms with Crippen molar-refractivity contribution < 1.29 is 4.79 Å². The number of carbonyl (C=O) groups is 1. The van der Waals surface area contributed by atoms with Crippen LogP contribution in [-0.2, 0) is 4.79 Å². The number of hydrogen-bond donors (Lipinski definition) is 0. The van der Waals surface area contributed by atoms with E-state index in [1.165, 1.54) is 0 Å². The lowest BCUT2D eigenvalue weighted by Crippen LogP contribution is -2.53. The summed E-state index contributed by atoms with van der Waals surface area (Å²) in [6, 6.07) is 0.415. The van der Waals surface area contributed by atoms with Gasteiger partial charge in [-0.15, -0.1) is 5.10 Å². The lowest BCUT2D eigenvalue weighted by atomic mass is 9.93. The van der Waals surface area contributed by atoms with Crippen LogP contribution in [0.5, 0.6) is 0 Å². The summed E-state index contributed by atoms with van der Waals surface area (Å²) < 4.78 is 1.93. The molecule has 6 heteroatoms. The number of likely N-dealkylation sites (tertiary alicyclic amines) is 2. The van der Waals surface area contributed by atoms with Crippen molar-refractivity contribution in [3.05, 3.63) is 12.4 Å². The summed E-state index contributed by atoms with van der Waals surface area (Å²) in [5, 5.41) is 8.00. The Morgan fingerprint density at radius 1 is 1.27 bits per heavy atom. The molecule has 0 bridgehead atoms. The molecule has 6 nitrogen and oxygen atoms in total. The van der Waals surface area contributed by atoms with Crippen LogP contribution in [0.25, 0.3) is 0 Å². The van der Waals surface area contributed by atoms with Gasteiger partial charge in [0.25, 0.3) is 0 Å². The number of hydrogen-bond acceptors (Lipinski definition) is 4. The van der Waals surface area contributed by atoms with Crippen molar-refractivity contribution in [2.24, 2.45) is 5.41 Å². The van der Waals surface area contributed by atoms with Gasteiger partial charge < -0.3 is 4.90 Å². The van der Waals surface area contributed by atoms with Crippen LogP contribution in [0, 0.1) is 5.41 Å². The highest BCUT2D eigenvalue weighted by molar-refractivity contribution is 5.82. The van der Waals surface area contributed by atoms with E-state index in [2.05, 4.69) is 40.9 Å². The van der Waals surface area contributed by atoms with E-state index < -0.39 is 0 Å². The Hall–Kier alpha value is -1.43. The largest absolute Gasteiger partial charge is 0.341 e. The summed E-state index contributed by atoms with van der Waals surface area (Å²) in [5.74, 6) is 0.320. The molecule has 0 radical (unpaired) electrons. The summed E-state index contributed by atoms with van der Waals surface area (Å²) in [6.45, 7) is 10.2. The summed E-state index contributed by atoms with van der Waals surface area (Å²) in [4.78, 5) is 17.3. The Kier molecular flexibility index (Phi) is 4.21. The second-order valence-electron chi connectivity index (χ2n) is 7.80. The van der Waals surface area contributed by atoms with Gasteiger partial charge in [-0.05, 0) is 24.7 Å². The van der Waals surface area contributed by atoms with E-state index in [-0.39, 0.29) is 11.5 Å². The van der Waals surface area contributed by atoms with Gasteiger partial charge in [0, 0.05) is 32.4 Å². The van der Waals surface area contributed by atoms with Crippen LogP contribution >= 0.6 is 0 Å². The molecule has 3 rings (SSSR count). The molecule has 1 amide bonds. The van der Waals surface area contributed by atoms with E-state index in [0.717, 1.165) is 45.4 Å². The first-order valence-electron chi connectivity index (χ1n) is 8.33. The van der Waals surface area contributed by atoms with Crippen molar-refractivity contribution >= 4 is 5.91 Å². The summed E-state index contributed by atoms with van der Waals surface area (Å²) >= 11 is 0. The molecule has 1 aromatic rings. The molecular formula is C16H27N5O. The predicted octanol–water partition coefficient (Wildman–Crippen LogP) is 1.56. The number of carbonyl (C=O) groups excluding carboxylic acids is 1. The van der Waals surface area contributed by atoms with E-state index in [1.54, 1.807) is 6.20 Å². The standard InChI is InChI=1S/C16H27N5O/c1-16(2,3)12-20-8-4-5-14(15(20)22)19-9-6-13(11-19)21-10-7-17-18-21/h7,10,13-14H,4-6,8-9,11-12H2,1-3H3/t13-,14+/m1/s1. The minimum absolute atomic E-state index is 0.0598. The molecule has 0 spiro atoms. The molecule has 2 atom stereocenters. The molecule has 2 fully saturated rings. The molecular weight excluding hydrogens is 278 g/mol. The Morgan fingerprint density at radius 3 is 2.77 bits per heavy atom. The van der Waals surface area contributed by atoms with Gasteiger partial charge in [-0.3, -0.25) is 9.69 Å². The predicted molar refractivity (Wildman–Crippen MR) is 84.3 cm³/mol. The van der Waals surface area contributed by atoms with Gasteiger partial charge in [-0.25, -0.2) is 4.68 Å². The maximum atomic E-state index is 12.8. The second kappa shape index (κ2) is 5.99. The highest BCUT2D eigenvalue weighted by atomic mass is 16.2. The Labute approximate surface area is 132 Å². The van der Waals surface area contributed by atoms with Gasteiger partial charge in [0.15, 0.2) is 0 Å². The van der Waals surface area contributed by atoms with E-state index in [9.17, 15) is 4.79 Å². The molecule has 2 saturated heterocycles. The van der Waals surface area contributed by atoms with Crippen LogP contribution < -0.4 is 0 Å². The molecule has 0 N–H and O–H groups in total. The van der Waals surface area contributed by atoms with Crippen LogP contribution in [-0.4, -0.2) is 62.9 Å². The topological polar surface area (TPSA) is 54.3 Å². The molecule has 0 aromatic carbocycles. The molecule has 2 aliphatic heterocycles. The maximum Gasteiger partial charge on any atom is 0.239 e.